The van der Waals surface area contributed by atoms with Gasteiger partial charge in [-0.15, -0.1) is 0 Å². The molecule has 0 unspecified atom stereocenters. The molecule has 0 saturated heterocycles. The fourth-order valence-electron chi connectivity index (χ4n) is 2.01. The Hall–Kier alpha value is -3.02. The van der Waals surface area contributed by atoms with Crippen LogP contribution in [0.15, 0.2) is 47.4 Å². The molecular weight excluding hydrogens is 256 g/mol. The minimum absolute atomic E-state index is 0.330. The third-order valence-electron chi connectivity index (χ3n) is 2.99. The Morgan fingerprint density at radius 2 is 1.90 bits per heavy atom. The van der Waals surface area contributed by atoms with Gasteiger partial charge in [0.25, 0.3) is 5.56 Å². The second kappa shape index (κ2) is 4.58. The van der Waals surface area contributed by atoms with Crippen LogP contribution >= 0.6 is 0 Å². The number of carbonyl (C=O) groups is 1. The molecule has 1 amide bonds. The van der Waals surface area contributed by atoms with Gasteiger partial charge < -0.3 is 5.73 Å². The zero-order valence-electron chi connectivity index (χ0n) is 10.3. The molecule has 0 aliphatic rings. The molecule has 2 aromatic heterocycles. The van der Waals surface area contributed by atoms with Gasteiger partial charge in [-0.3, -0.25) is 14.6 Å². The van der Waals surface area contributed by atoms with Crippen LogP contribution in [-0.4, -0.2) is 21.1 Å². The number of H-pyrrole nitrogens is 1. The van der Waals surface area contributed by atoms with Crippen molar-refractivity contribution < 1.29 is 4.79 Å². The van der Waals surface area contributed by atoms with Crippen molar-refractivity contribution in [2.45, 2.75) is 0 Å². The minimum atomic E-state index is -0.488. The Morgan fingerprint density at radius 1 is 1.15 bits per heavy atom. The van der Waals surface area contributed by atoms with Crippen LogP contribution in [0.2, 0.25) is 0 Å². The maximum atomic E-state index is 11.7. The maximum absolute atomic E-state index is 11.7. The van der Waals surface area contributed by atoms with Crippen molar-refractivity contribution in [2.75, 3.05) is 0 Å². The Labute approximate surface area is 113 Å². The van der Waals surface area contributed by atoms with Gasteiger partial charge in [0.1, 0.15) is 11.2 Å². The second-order valence-corrected chi connectivity index (χ2v) is 4.24. The number of rotatable bonds is 2. The highest BCUT2D eigenvalue weighted by atomic mass is 16.1. The van der Waals surface area contributed by atoms with Gasteiger partial charge in [0.05, 0.1) is 0 Å². The SMILES string of the molecule is NC(=O)c1ccc(-c2n[nH]c(=O)c3ncccc23)cc1. The number of pyridine rings is 1. The summed E-state index contributed by atoms with van der Waals surface area (Å²) in [5.74, 6) is -0.488. The van der Waals surface area contributed by atoms with Gasteiger partial charge in [0, 0.05) is 22.7 Å². The average molecular weight is 266 g/mol. The first kappa shape index (κ1) is 12.0. The molecule has 1 aromatic carbocycles. The van der Waals surface area contributed by atoms with E-state index < -0.39 is 5.91 Å². The molecule has 0 saturated carbocycles. The summed E-state index contributed by atoms with van der Waals surface area (Å²) in [5.41, 5.74) is 6.98. The molecule has 3 N–H and O–H groups in total. The number of nitrogens with one attached hydrogen (secondary N) is 1. The lowest BCUT2D eigenvalue weighted by Gasteiger charge is -2.04. The van der Waals surface area contributed by atoms with Crippen molar-refractivity contribution in [3.05, 3.63) is 58.5 Å². The highest BCUT2D eigenvalue weighted by Gasteiger charge is 2.09. The van der Waals surface area contributed by atoms with Gasteiger partial charge in [0.2, 0.25) is 5.91 Å². The van der Waals surface area contributed by atoms with Crippen LogP contribution in [0.3, 0.4) is 0 Å². The van der Waals surface area contributed by atoms with Crippen LogP contribution < -0.4 is 11.3 Å². The maximum Gasteiger partial charge on any atom is 0.290 e. The number of nitrogens with two attached hydrogens (primary N) is 1. The topological polar surface area (TPSA) is 102 Å². The predicted octanol–water partition coefficient (Wildman–Crippen LogP) is 1.08. The average Bonchev–Trinajstić information content (AvgIpc) is 2.48. The fourth-order valence-corrected chi connectivity index (χ4v) is 2.01. The van der Waals surface area contributed by atoms with Crippen molar-refractivity contribution >= 4 is 16.8 Å². The third kappa shape index (κ3) is 1.93. The van der Waals surface area contributed by atoms with Crippen LogP contribution in [0.1, 0.15) is 10.4 Å². The first-order valence-corrected chi connectivity index (χ1v) is 5.90. The summed E-state index contributed by atoms with van der Waals surface area (Å²) < 4.78 is 0. The van der Waals surface area contributed by atoms with Gasteiger partial charge in [0.15, 0.2) is 0 Å². The molecule has 0 fully saturated rings. The quantitative estimate of drug-likeness (QED) is 0.724. The van der Waals surface area contributed by atoms with Gasteiger partial charge in [-0.2, -0.15) is 5.10 Å². The van der Waals surface area contributed by atoms with Gasteiger partial charge >= 0.3 is 0 Å². The standard InChI is InChI=1S/C14H10N4O2/c15-13(19)9-5-3-8(4-6-9)11-10-2-1-7-16-12(10)14(20)18-17-11/h1-7H,(H2,15,19)(H,18,20). The summed E-state index contributed by atoms with van der Waals surface area (Å²) >= 11 is 0. The molecule has 0 bridgehead atoms. The van der Waals surface area contributed by atoms with E-state index in [1.807, 2.05) is 0 Å². The summed E-state index contributed by atoms with van der Waals surface area (Å²) in [6, 6.07) is 10.2. The van der Waals surface area contributed by atoms with E-state index >= 15 is 0 Å². The number of benzene rings is 1. The zero-order valence-corrected chi connectivity index (χ0v) is 10.3. The monoisotopic (exact) mass is 266 g/mol. The largest absolute Gasteiger partial charge is 0.366 e. The highest BCUT2D eigenvalue weighted by molar-refractivity contribution is 5.95. The van der Waals surface area contributed by atoms with Crippen LogP contribution in [0.4, 0.5) is 0 Å². The molecule has 0 aliphatic carbocycles. The second-order valence-electron chi connectivity index (χ2n) is 4.24. The lowest BCUT2D eigenvalue weighted by atomic mass is 10.1. The van der Waals surface area contributed by atoms with Gasteiger partial charge in [-0.05, 0) is 24.3 Å². The molecule has 98 valence electrons. The number of aromatic amines is 1. The summed E-state index contributed by atoms with van der Waals surface area (Å²) in [4.78, 5) is 26.8. The molecule has 0 aliphatic heterocycles. The molecule has 0 spiro atoms. The Bertz CT molecular complexity index is 853. The number of fused-ring (bicyclic) bond motifs is 1. The summed E-state index contributed by atoms with van der Waals surface area (Å²) in [5, 5.41) is 7.13. The molecule has 0 radical (unpaired) electrons. The van der Waals surface area contributed by atoms with E-state index in [0.29, 0.717) is 22.2 Å². The first-order chi connectivity index (χ1) is 9.66. The van der Waals surface area contributed by atoms with Crippen molar-refractivity contribution in [1.29, 1.82) is 0 Å². The van der Waals surface area contributed by atoms with Gasteiger partial charge in [-0.25, -0.2) is 5.10 Å². The van der Waals surface area contributed by atoms with Crippen molar-refractivity contribution in [3.8, 4) is 11.3 Å². The van der Waals surface area contributed by atoms with Crippen molar-refractivity contribution in [3.63, 3.8) is 0 Å². The number of carbonyl (C=O) groups excluding carboxylic acids is 1. The van der Waals surface area contributed by atoms with Crippen molar-refractivity contribution in [1.82, 2.24) is 15.2 Å². The lowest BCUT2D eigenvalue weighted by Crippen LogP contribution is -2.11. The van der Waals surface area contributed by atoms with E-state index in [0.717, 1.165) is 5.56 Å². The Kier molecular flexibility index (Phi) is 2.76. The molecule has 3 rings (SSSR count). The van der Waals surface area contributed by atoms with E-state index in [-0.39, 0.29) is 5.56 Å². The zero-order chi connectivity index (χ0) is 14.1. The summed E-state index contributed by atoms with van der Waals surface area (Å²) in [6.45, 7) is 0. The Morgan fingerprint density at radius 3 is 2.60 bits per heavy atom. The van der Waals surface area contributed by atoms with Crippen LogP contribution in [-0.2, 0) is 0 Å². The van der Waals surface area contributed by atoms with Crippen LogP contribution in [0.5, 0.6) is 0 Å². The predicted molar refractivity (Wildman–Crippen MR) is 74.1 cm³/mol. The van der Waals surface area contributed by atoms with Gasteiger partial charge in [-0.1, -0.05) is 12.1 Å². The number of aromatic nitrogens is 3. The van der Waals surface area contributed by atoms with E-state index in [2.05, 4.69) is 15.2 Å². The number of hydrogen-bond acceptors (Lipinski definition) is 4. The first-order valence-electron chi connectivity index (χ1n) is 5.90. The summed E-state index contributed by atoms with van der Waals surface area (Å²) in [7, 11) is 0. The molecule has 6 heteroatoms. The smallest absolute Gasteiger partial charge is 0.290 e. The van der Waals surface area contributed by atoms with E-state index in [4.69, 9.17) is 5.73 Å². The number of amides is 1. The van der Waals surface area contributed by atoms with E-state index in [1.165, 1.54) is 0 Å². The molecule has 2 heterocycles. The summed E-state index contributed by atoms with van der Waals surface area (Å²) in [6.07, 6.45) is 1.55. The van der Waals surface area contributed by atoms with E-state index in [1.54, 1.807) is 42.6 Å². The normalized spacial score (nSPS) is 10.6. The third-order valence-corrected chi connectivity index (χ3v) is 2.99. The highest BCUT2D eigenvalue weighted by Crippen LogP contribution is 2.23. The Balaban J connectivity index is 2.22. The fraction of sp³-hybridized carbons (Fsp3) is 0. The van der Waals surface area contributed by atoms with Crippen LogP contribution in [0, 0.1) is 0 Å². The molecular formula is C14H10N4O2. The molecule has 6 nitrogen and oxygen atoms in total. The minimum Gasteiger partial charge on any atom is -0.366 e. The van der Waals surface area contributed by atoms with E-state index in [9.17, 15) is 9.59 Å². The van der Waals surface area contributed by atoms with Crippen molar-refractivity contribution in [2.24, 2.45) is 5.73 Å². The number of nitrogens with zero attached hydrogens (tertiary/aromatic N) is 2. The lowest BCUT2D eigenvalue weighted by molar-refractivity contribution is 0.100. The molecule has 20 heavy (non-hydrogen) atoms. The number of hydrogen-bond donors (Lipinski definition) is 2. The van der Waals surface area contributed by atoms with Crippen LogP contribution in [0.25, 0.3) is 22.2 Å². The number of primary amides is 1. The molecule has 0 atom stereocenters. The molecule has 3 aromatic rings.